The second kappa shape index (κ2) is 3.77. The van der Waals surface area contributed by atoms with Gasteiger partial charge in [0.05, 0.1) is 17.0 Å². The summed E-state index contributed by atoms with van der Waals surface area (Å²) in [5, 5.41) is 0. The molecule has 0 aliphatic rings. The predicted molar refractivity (Wildman–Crippen MR) is 47.4 cm³/mol. The Balaban J connectivity index is 3.01. The molecule has 0 amide bonds. The highest BCUT2D eigenvalue weighted by atomic mass is 19.4. The maximum absolute atomic E-state index is 12.1. The fraction of sp³-hybridized carbons (Fsp3) is 0.333. The molecule has 0 aliphatic carbocycles. The first-order valence-electron chi connectivity index (χ1n) is 3.92. The van der Waals surface area contributed by atoms with E-state index in [1.54, 1.807) is 14.0 Å². The van der Waals surface area contributed by atoms with Gasteiger partial charge in [0.2, 0.25) is 0 Å². The minimum atomic E-state index is -4.33. The van der Waals surface area contributed by atoms with Crippen LogP contribution in [0, 0.1) is 0 Å². The fourth-order valence-corrected chi connectivity index (χ4v) is 0.890. The molecule has 1 aromatic heterocycles. The molecule has 0 N–H and O–H groups in total. The Morgan fingerprint density at radius 1 is 1.36 bits per heavy atom. The van der Waals surface area contributed by atoms with Crippen molar-refractivity contribution in [3.8, 4) is 0 Å². The number of alkyl halides is 3. The van der Waals surface area contributed by atoms with Crippen molar-refractivity contribution >= 4 is 5.71 Å². The van der Waals surface area contributed by atoms with Gasteiger partial charge >= 0.3 is 6.18 Å². The van der Waals surface area contributed by atoms with Crippen LogP contribution in [-0.2, 0) is 6.18 Å². The van der Waals surface area contributed by atoms with Crippen LogP contribution in [0.3, 0.4) is 0 Å². The zero-order valence-electron chi connectivity index (χ0n) is 7.76. The maximum Gasteiger partial charge on any atom is 0.417 e. The van der Waals surface area contributed by atoms with Crippen LogP contribution >= 0.6 is 0 Å². The van der Waals surface area contributed by atoms with Gasteiger partial charge in [0.25, 0.3) is 0 Å². The molecule has 76 valence electrons. The average Bonchev–Trinajstić information content (AvgIpc) is 2.15. The number of nitrogens with zero attached hydrogens (tertiary/aromatic N) is 2. The normalized spacial score (nSPS) is 13.1. The van der Waals surface area contributed by atoms with Gasteiger partial charge in [-0.3, -0.25) is 9.98 Å². The summed E-state index contributed by atoms with van der Waals surface area (Å²) in [5.41, 5.74) is 0.323. The zero-order valence-corrected chi connectivity index (χ0v) is 7.76. The lowest BCUT2D eigenvalue weighted by atomic mass is 10.2. The Hall–Kier alpha value is -1.39. The van der Waals surface area contributed by atoms with Crippen LogP contribution in [0.2, 0.25) is 0 Å². The summed E-state index contributed by atoms with van der Waals surface area (Å²) in [6, 6.07) is 2.31. The minimum Gasteiger partial charge on any atom is -0.291 e. The molecule has 5 heteroatoms. The Morgan fingerprint density at radius 3 is 2.36 bits per heavy atom. The van der Waals surface area contributed by atoms with Crippen molar-refractivity contribution in [1.29, 1.82) is 0 Å². The van der Waals surface area contributed by atoms with Gasteiger partial charge in [0.1, 0.15) is 0 Å². The number of aromatic nitrogens is 1. The third-order valence-electron chi connectivity index (χ3n) is 1.80. The standard InChI is InChI=1S/C9H9F3N2/c1-6(13-2)8-4-3-7(5-14-8)9(10,11)12/h3-5H,1-2H3/b13-6+. The molecule has 2 nitrogen and oxygen atoms in total. The van der Waals surface area contributed by atoms with Gasteiger partial charge in [0.15, 0.2) is 0 Å². The van der Waals surface area contributed by atoms with E-state index in [1.165, 1.54) is 6.07 Å². The second-order valence-corrected chi connectivity index (χ2v) is 2.74. The van der Waals surface area contributed by atoms with E-state index in [4.69, 9.17) is 0 Å². The van der Waals surface area contributed by atoms with Crippen molar-refractivity contribution in [1.82, 2.24) is 4.98 Å². The smallest absolute Gasteiger partial charge is 0.291 e. The molecule has 1 aromatic rings. The maximum atomic E-state index is 12.1. The van der Waals surface area contributed by atoms with Crippen LogP contribution < -0.4 is 0 Å². The van der Waals surface area contributed by atoms with E-state index in [1.807, 2.05) is 0 Å². The zero-order chi connectivity index (χ0) is 10.8. The molecule has 0 aromatic carbocycles. The number of hydrogen-bond acceptors (Lipinski definition) is 2. The number of pyridine rings is 1. The summed E-state index contributed by atoms with van der Waals surface area (Å²) < 4.78 is 36.4. The molecule has 0 atom stereocenters. The van der Waals surface area contributed by atoms with Crippen LogP contribution in [0.5, 0.6) is 0 Å². The van der Waals surface area contributed by atoms with Crippen LogP contribution in [0.4, 0.5) is 13.2 Å². The number of halogens is 3. The summed E-state index contributed by atoms with van der Waals surface area (Å²) in [6.45, 7) is 1.69. The Kier molecular flexibility index (Phi) is 2.88. The highest BCUT2D eigenvalue weighted by Crippen LogP contribution is 2.28. The third-order valence-corrected chi connectivity index (χ3v) is 1.80. The van der Waals surface area contributed by atoms with Gasteiger partial charge < -0.3 is 0 Å². The Morgan fingerprint density at radius 2 is 2.00 bits per heavy atom. The van der Waals surface area contributed by atoms with Gasteiger partial charge in [-0.25, -0.2) is 0 Å². The molecular formula is C9H9F3N2. The van der Waals surface area contributed by atoms with E-state index in [2.05, 4.69) is 9.98 Å². The summed E-state index contributed by atoms with van der Waals surface area (Å²) in [5.74, 6) is 0. The van der Waals surface area contributed by atoms with Crippen LogP contribution in [-0.4, -0.2) is 17.7 Å². The highest BCUT2D eigenvalue weighted by molar-refractivity contribution is 5.96. The van der Waals surface area contributed by atoms with E-state index in [9.17, 15) is 13.2 Å². The predicted octanol–water partition coefficient (Wildman–Crippen LogP) is 2.54. The monoisotopic (exact) mass is 202 g/mol. The van der Waals surface area contributed by atoms with Crippen molar-refractivity contribution < 1.29 is 13.2 Å². The van der Waals surface area contributed by atoms with Crippen molar-refractivity contribution in [3.05, 3.63) is 29.6 Å². The van der Waals surface area contributed by atoms with Crippen molar-refractivity contribution in [2.24, 2.45) is 4.99 Å². The first-order chi connectivity index (χ1) is 6.45. The third kappa shape index (κ3) is 2.31. The first kappa shape index (κ1) is 10.7. The summed E-state index contributed by atoms with van der Waals surface area (Å²) >= 11 is 0. The largest absolute Gasteiger partial charge is 0.417 e. The van der Waals surface area contributed by atoms with Crippen LogP contribution in [0.1, 0.15) is 18.2 Å². The highest BCUT2D eigenvalue weighted by Gasteiger charge is 2.30. The van der Waals surface area contributed by atoms with E-state index >= 15 is 0 Å². The molecule has 0 bridgehead atoms. The minimum absolute atomic E-state index is 0.459. The molecule has 1 rings (SSSR count). The average molecular weight is 202 g/mol. The lowest BCUT2D eigenvalue weighted by Gasteiger charge is -2.06. The molecule has 0 unspecified atom stereocenters. The first-order valence-corrected chi connectivity index (χ1v) is 3.92. The lowest BCUT2D eigenvalue weighted by Crippen LogP contribution is -2.07. The molecule has 14 heavy (non-hydrogen) atoms. The molecule has 0 radical (unpaired) electrons. The van der Waals surface area contributed by atoms with Crippen LogP contribution in [0.25, 0.3) is 0 Å². The second-order valence-electron chi connectivity index (χ2n) is 2.74. The molecule has 0 spiro atoms. The molecule has 0 fully saturated rings. The summed E-state index contributed by atoms with van der Waals surface area (Å²) in [7, 11) is 1.56. The number of hydrogen-bond donors (Lipinski definition) is 0. The van der Waals surface area contributed by atoms with E-state index in [-0.39, 0.29) is 0 Å². The summed E-state index contributed by atoms with van der Waals surface area (Å²) in [6.07, 6.45) is -3.52. The Bertz CT molecular complexity index is 338. The van der Waals surface area contributed by atoms with E-state index in [0.29, 0.717) is 11.4 Å². The SMILES string of the molecule is C/N=C(\C)c1ccc(C(F)(F)F)cn1. The van der Waals surface area contributed by atoms with Crippen molar-refractivity contribution in [2.75, 3.05) is 7.05 Å². The Labute approximate surface area is 79.5 Å². The number of rotatable bonds is 1. The van der Waals surface area contributed by atoms with Gasteiger partial charge in [-0.1, -0.05) is 0 Å². The molecular weight excluding hydrogens is 193 g/mol. The fourth-order valence-electron chi connectivity index (χ4n) is 0.890. The molecule has 0 saturated heterocycles. The molecule has 1 heterocycles. The summed E-state index contributed by atoms with van der Waals surface area (Å²) in [4.78, 5) is 7.49. The van der Waals surface area contributed by atoms with Gasteiger partial charge in [-0.05, 0) is 19.1 Å². The topological polar surface area (TPSA) is 25.2 Å². The van der Waals surface area contributed by atoms with Crippen LogP contribution in [0.15, 0.2) is 23.3 Å². The van der Waals surface area contributed by atoms with Gasteiger partial charge in [-0.2, -0.15) is 13.2 Å². The lowest BCUT2D eigenvalue weighted by molar-refractivity contribution is -0.137. The van der Waals surface area contributed by atoms with Gasteiger partial charge in [0, 0.05) is 13.2 Å². The van der Waals surface area contributed by atoms with Crippen molar-refractivity contribution in [2.45, 2.75) is 13.1 Å². The van der Waals surface area contributed by atoms with E-state index in [0.717, 1.165) is 12.3 Å². The van der Waals surface area contributed by atoms with Gasteiger partial charge in [-0.15, -0.1) is 0 Å². The van der Waals surface area contributed by atoms with Crippen molar-refractivity contribution in [3.63, 3.8) is 0 Å². The molecule has 0 aliphatic heterocycles. The molecule has 0 saturated carbocycles. The number of aliphatic imine (C=N–C) groups is 1. The quantitative estimate of drug-likeness (QED) is 0.642. The van der Waals surface area contributed by atoms with E-state index < -0.39 is 11.7 Å².